The van der Waals surface area contributed by atoms with E-state index in [-0.39, 0.29) is 17.8 Å². The highest BCUT2D eigenvalue weighted by molar-refractivity contribution is 5.81. The highest BCUT2D eigenvalue weighted by Gasteiger charge is 2.34. The predicted octanol–water partition coefficient (Wildman–Crippen LogP) is 3.50. The van der Waals surface area contributed by atoms with E-state index in [4.69, 9.17) is 4.74 Å². The summed E-state index contributed by atoms with van der Waals surface area (Å²) in [5.41, 5.74) is 2.05. The van der Waals surface area contributed by atoms with Crippen LogP contribution in [0.2, 0.25) is 0 Å². The first kappa shape index (κ1) is 18.4. The smallest absolute Gasteiger partial charge is 0.237 e. The molecule has 26 heavy (non-hydrogen) atoms. The van der Waals surface area contributed by atoms with Crippen molar-refractivity contribution in [3.05, 3.63) is 65.5 Å². The minimum Gasteiger partial charge on any atom is -0.497 e. The molecule has 1 saturated carbocycles. The van der Waals surface area contributed by atoms with Crippen molar-refractivity contribution in [3.8, 4) is 5.75 Å². The van der Waals surface area contributed by atoms with Gasteiger partial charge in [-0.2, -0.15) is 0 Å². The maximum Gasteiger partial charge on any atom is 0.237 e. The van der Waals surface area contributed by atoms with Crippen molar-refractivity contribution >= 4 is 5.91 Å². The molecule has 5 heteroatoms. The van der Waals surface area contributed by atoms with Crippen molar-refractivity contribution < 1.29 is 13.9 Å². The van der Waals surface area contributed by atoms with Crippen LogP contribution in [0.4, 0.5) is 4.39 Å². The second-order valence-electron chi connectivity index (χ2n) is 6.77. The topological polar surface area (TPSA) is 41.6 Å². The number of rotatable bonds is 8. The molecule has 138 valence electrons. The summed E-state index contributed by atoms with van der Waals surface area (Å²) in [5, 5.41) is 3.01. The molecule has 0 aromatic heterocycles. The molecule has 0 bridgehead atoms. The molecule has 1 N–H and O–H groups in total. The number of methoxy groups -OCH3 is 1. The Morgan fingerprint density at radius 3 is 2.35 bits per heavy atom. The van der Waals surface area contributed by atoms with Gasteiger partial charge in [-0.3, -0.25) is 9.69 Å². The third-order valence-electron chi connectivity index (χ3n) is 4.80. The molecule has 4 nitrogen and oxygen atoms in total. The first-order chi connectivity index (χ1) is 12.6. The number of hydrogen-bond donors (Lipinski definition) is 1. The summed E-state index contributed by atoms with van der Waals surface area (Å²) in [6.45, 7) is 3.08. The van der Waals surface area contributed by atoms with E-state index < -0.39 is 0 Å². The predicted molar refractivity (Wildman–Crippen MR) is 99.3 cm³/mol. The lowest BCUT2D eigenvalue weighted by molar-refractivity contribution is -0.126. The zero-order valence-corrected chi connectivity index (χ0v) is 15.2. The minimum atomic E-state index is -0.239. The van der Waals surface area contributed by atoms with E-state index in [0.717, 1.165) is 29.7 Å². The van der Waals surface area contributed by atoms with Crippen molar-refractivity contribution in [2.45, 2.75) is 44.9 Å². The molecule has 1 fully saturated rings. The number of carbonyl (C=O) groups is 1. The van der Waals surface area contributed by atoms with E-state index >= 15 is 0 Å². The summed E-state index contributed by atoms with van der Waals surface area (Å²) in [7, 11) is 1.63. The van der Waals surface area contributed by atoms with Gasteiger partial charge in [-0.05, 0) is 55.2 Å². The van der Waals surface area contributed by atoms with E-state index in [1.165, 1.54) is 12.1 Å². The molecule has 0 spiro atoms. The van der Waals surface area contributed by atoms with Crippen LogP contribution in [0.5, 0.6) is 5.75 Å². The van der Waals surface area contributed by atoms with Crippen LogP contribution in [-0.2, 0) is 17.9 Å². The molecule has 1 aliphatic carbocycles. The molecule has 3 rings (SSSR count). The molecule has 1 amide bonds. The van der Waals surface area contributed by atoms with Crippen LogP contribution in [-0.4, -0.2) is 30.0 Å². The van der Waals surface area contributed by atoms with Crippen LogP contribution in [0.15, 0.2) is 48.5 Å². The van der Waals surface area contributed by atoms with Gasteiger partial charge in [0, 0.05) is 19.1 Å². The fraction of sp³-hybridized carbons (Fsp3) is 0.381. The van der Waals surface area contributed by atoms with E-state index in [0.29, 0.717) is 19.1 Å². The van der Waals surface area contributed by atoms with E-state index in [1.807, 2.05) is 31.2 Å². The molecule has 1 aliphatic rings. The Morgan fingerprint density at radius 1 is 1.15 bits per heavy atom. The fourth-order valence-electron chi connectivity index (χ4n) is 3.02. The van der Waals surface area contributed by atoms with Gasteiger partial charge in [0.25, 0.3) is 0 Å². The molecule has 0 heterocycles. The van der Waals surface area contributed by atoms with Crippen LogP contribution in [0, 0.1) is 5.82 Å². The summed E-state index contributed by atoms with van der Waals surface area (Å²) in [6, 6.07) is 14.4. The van der Waals surface area contributed by atoms with Gasteiger partial charge in [0.05, 0.1) is 13.2 Å². The summed E-state index contributed by atoms with van der Waals surface area (Å²) in [4.78, 5) is 14.8. The first-order valence-corrected chi connectivity index (χ1v) is 8.97. The number of halogens is 1. The van der Waals surface area contributed by atoms with Gasteiger partial charge in [-0.1, -0.05) is 24.3 Å². The average Bonchev–Trinajstić information content (AvgIpc) is 3.50. The Balaban J connectivity index is 1.58. The lowest BCUT2D eigenvalue weighted by Gasteiger charge is -2.28. The average molecular weight is 356 g/mol. The lowest BCUT2D eigenvalue weighted by atomic mass is 10.1. The van der Waals surface area contributed by atoms with Crippen molar-refractivity contribution in [1.29, 1.82) is 0 Å². The quantitative estimate of drug-likeness (QED) is 0.787. The normalized spacial score (nSPS) is 14.9. The number of ether oxygens (including phenoxy) is 1. The molecular formula is C21H25FN2O2. The Morgan fingerprint density at radius 2 is 1.77 bits per heavy atom. The minimum absolute atomic E-state index is 0.00910. The van der Waals surface area contributed by atoms with Gasteiger partial charge < -0.3 is 10.1 Å². The lowest BCUT2D eigenvalue weighted by Crippen LogP contribution is -2.45. The van der Waals surface area contributed by atoms with Crippen LogP contribution < -0.4 is 10.1 Å². The first-order valence-electron chi connectivity index (χ1n) is 8.97. The summed E-state index contributed by atoms with van der Waals surface area (Å²) in [5.74, 6) is 0.569. The second-order valence-corrected chi connectivity index (χ2v) is 6.77. The molecule has 0 aliphatic heterocycles. The third kappa shape index (κ3) is 4.82. The van der Waals surface area contributed by atoms with Crippen LogP contribution in [0.1, 0.15) is 30.9 Å². The summed E-state index contributed by atoms with van der Waals surface area (Å²) >= 11 is 0. The maximum absolute atomic E-state index is 13.1. The van der Waals surface area contributed by atoms with Crippen molar-refractivity contribution in [1.82, 2.24) is 10.2 Å². The Labute approximate surface area is 154 Å². The Bertz CT molecular complexity index is 727. The van der Waals surface area contributed by atoms with E-state index in [2.05, 4.69) is 10.2 Å². The molecule has 2 aromatic rings. The standard InChI is InChI=1S/C21H25FN2O2/c1-15(21(25)23-13-16-5-11-20(26-2)12-6-16)24(19-9-10-19)14-17-3-7-18(22)8-4-17/h3-8,11-12,15,19H,9-10,13-14H2,1-2H3,(H,23,25)/t15-/m1/s1. The Kier molecular flexibility index (Phi) is 5.89. The number of carbonyl (C=O) groups excluding carboxylic acids is 1. The molecular weight excluding hydrogens is 331 g/mol. The van der Waals surface area contributed by atoms with Crippen LogP contribution >= 0.6 is 0 Å². The van der Waals surface area contributed by atoms with Crippen molar-refractivity contribution in [3.63, 3.8) is 0 Å². The van der Waals surface area contributed by atoms with Gasteiger partial charge in [-0.25, -0.2) is 4.39 Å². The number of hydrogen-bond acceptors (Lipinski definition) is 3. The number of nitrogens with one attached hydrogen (secondary N) is 1. The van der Waals surface area contributed by atoms with Gasteiger partial charge in [0.15, 0.2) is 0 Å². The molecule has 1 atom stereocenters. The zero-order chi connectivity index (χ0) is 18.5. The van der Waals surface area contributed by atoms with Crippen molar-refractivity contribution in [2.24, 2.45) is 0 Å². The molecule has 2 aromatic carbocycles. The number of benzene rings is 2. The zero-order valence-electron chi connectivity index (χ0n) is 15.2. The SMILES string of the molecule is COc1ccc(CNC(=O)[C@@H](C)N(Cc2ccc(F)cc2)C2CC2)cc1. The van der Waals surface area contributed by atoms with Gasteiger partial charge >= 0.3 is 0 Å². The monoisotopic (exact) mass is 356 g/mol. The number of nitrogens with zero attached hydrogens (tertiary/aromatic N) is 1. The van der Waals surface area contributed by atoms with E-state index in [9.17, 15) is 9.18 Å². The third-order valence-corrected chi connectivity index (χ3v) is 4.80. The summed E-state index contributed by atoms with van der Waals surface area (Å²) < 4.78 is 18.2. The fourth-order valence-corrected chi connectivity index (χ4v) is 3.02. The van der Waals surface area contributed by atoms with Gasteiger partial charge in [0.2, 0.25) is 5.91 Å². The van der Waals surface area contributed by atoms with Gasteiger partial charge in [0.1, 0.15) is 11.6 Å². The molecule has 0 radical (unpaired) electrons. The molecule has 0 unspecified atom stereocenters. The van der Waals surface area contributed by atoms with Crippen LogP contribution in [0.3, 0.4) is 0 Å². The van der Waals surface area contributed by atoms with Crippen molar-refractivity contribution in [2.75, 3.05) is 7.11 Å². The Hall–Kier alpha value is -2.40. The largest absolute Gasteiger partial charge is 0.497 e. The maximum atomic E-state index is 13.1. The van der Waals surface area contributed by atoms with Gasteiger partial charge in [-0.15, -0.1) is 0 Å². The van der Waals surface area contributed by atoms with E-state index in [1.54, 1.807) is 19.2 Å². The second kappa shape index (κ2) is 8.32. The number of amides is 1. The molecule has 0 saturated heterocycles. The highest BCUT2D eigenvalue weighted by Crippen LogP contribution is 2.30. The summed E-state index contributed by atoms with van der Waals surface area (Å²) in [6.07, 6.45) is 2.22. The highest BCUT2D eigenvalue weighted by atomic mass is 19.1. The van der Waals surface area contributed by atoms with Crippen LogP contribution in [0.25, 0.3) is 0 Å².